The standard InChI is InChI=1S/C14H20N2O/c1-5-11(8-15)14(16)12-6-7-13(17-4)10(3)9(12)2/h6-7,11,14H,5,16H2,1-4H3. The predicted molar refractivity (Wildman–Crippen MR) is 68.8 cm³/mol. The summed E-state index contributed by atoms with van der Waals surface area (Å²) in [5.74, 6) is 0.727. The average Bonchev–Trinajstić information content (AvgIpc) is 2.34. The van der Waals surface area contributed by atoms with Gasteiger partial charge < -0.3 is 10.5 Å². The minimum atomic E-state index is -0.227. The van der Waals surface area contributed by atoms with Crippen LogP contribution in [0, 0.1) is 31.1 Å². The fraction of sp³-hybridized carbons (Fsp3) is 0.500. The van der Waals surface area contributed by atoms with Gasteiger partial charge in [-0.25, -0.2) is 0 Å². The molecule has 3 heteroatoms. The summed E-state index contributed by atoms with van der Waals surface area (Å²) in [6.45, 7) is 6.02. The van der Waals surface area contributed by atoms with Gasteiger partial charge in [0.2, 0.25) is 0 Å². The highest BCUT2D eigenvalue weighted by Crippen LogP contribution is 2.30. The van der Waals surface area contributed by atoms with Crippen LogP contribution >= 0.6 is 0 Å². The van der Waals surface area contributed by atoms with Crippen LogP contribution in [0.25, 0.3) is 0 Å². The molecule has 2 unspecified atom stereocenters. The Hall–Kier alpha value is -1.53. The Balaban J connectivity index is 3.16. The Morgan fingerprint density at radius 2 is 2.00 bits per heavy atom. The summed E-state index contributed by atoms with van der Waals surface area (Å²) in [6.07, 6.45) is 0.766. The van der Waals surface area contributed by atoms with Crippen LogP contribution in [0.1, 0.15) is 36.1 Å². The molecule has 0 aliphatic carbocycles. The van der Waals surface area contributed by atoms with Crippen molar-refractivity contribution in [2.45, 2.75) is 33.2 Å². The molecule has 0 fully saturated rings. The molecular weight excluding hydrogens is 212 g/mol. The fourth-order valence-electron chi connectivity index (χ4n) is 2.04. The van der Waals surface area contributed by atoms with Crippen molar-refractivity contribution in [2.24, 2.45) is 11.7 Å². The number of benzene rings is 1. The van der Waals surface area contributed by atoms with E-state index in [2.05, 4.69) is 6.07 Å². The van der Waals surface area contributed by atoms with Crippen LogP contribution in [0.5, 0.6) is 5.75 Å². The quantitative estimate of drug-likeness (QED) is 0.868. The molecule has 0 saturated heterocycles. The first kappa shape index (κ1) is 13.5. The lowest BCUT2D eigenvalue weighted by Gasteiger charge is -2.21. The zero-order valence-corrected chi connectivity index (χ0v) is 10.9. The SMILES string of the molecule is CCC(C#N)C(N)c1ccc(OC)c(C)c1C. The van der Waals surface area contributed by atoms with E-state index in [1.807, 2.05) is 32.9 Å². The predicted octanol–water partition coefficient (Wildman–Crippen LogP) is 2.86. The molecule has 0 aliphatic rings. The molecule has 0 radical (unpaired) electrons. The highest BCUT2D eigenvalue weighted by Gasteiger charge is 2.20. The number of rotatable bonds is 4. The van der Waals surface area contributed by atoms with Crippen molar-refractivity contribution in [3.05, 3.63) is 28.8 Å². The molecule has 0 amide bonds. The van der Waals surface area contributed by atoms with E-state index < -0.39 is 0 Å². The van der Waals surface area contributed by atoms with Crippen molar-refractivity contribution < 1.29 is 4.74 Å². The third-order valence-electron chi connectivity index (χ3n) is 3.40. The molecular formula is C14H20N2O. The lowest BCUT2D eigenvalue weighted by atomic mass is 9.88. The first-order chi connectivity index (χ1) is 8.06. The second-order valence-electron chi connectivity index (χ2n) is 4.28. The van der Waals surface area contributed by atoms with E-state index in [1.54, 1.807) is 7.11 Å². The molecule has 0 bridgehead atoms. The zero-order valence-electron chi connectivity index (χ0n) is 10.9. The molecule has 1 aromatic rings. The Bertz CT molecular complexity index is 435. The third-order valence-corrected chi connectivity index (χ3v) is 3.40. The molecule has 1 aromatic carbocycles. The van der Waals surface area contributed by atoms with Gasteiger partial charge in [-0.3, -0.25) is 0 Å². The monoisotopic (exact) mass is 232 g/mol. The molecule has 0 aliphatic heterocycles. The van der Waals surface area contributed by atoms with Crippen LogP contribution in [-0.2, 0) is 0 Å². The van der Waals surface area contributed by atoms with Crippen LogP contribution in [0.4, 0.5) is 0 Å². The summed E-state index contributed by atoms with van der Waals surface area (Å²) < 4.78 is 5.27. The van der Waals surface area contributed by atoms with Crippen LogP contribution in [0.2, 0.25) is 0 Å². The maximum absolute atomic E-state index is 9.06. The average molecular weight is 232 g/mol. The number of ether oxygens (including phenoxy) is 1. The summed E-state index contributed by atoms with van der Waals surface area (Å²) in [5.41, 5.74) is 9.40. The Labute approximate surface area is 103 Å². The largest absolute Gasteiger partial charge is 0.496 e. The molecule has 2 N–H and O–H groups in total. The summed E-state index contributed by atoms with van der Waals surface area (Å²) in [4.78, 5) is 0. The van der Waals surface area contributed by atoms with Gasteiger partial charge in [-0.15, -0.1) is 0 Å². The van der Waals surface area contributed by atoms with Crippen molar-refractivity contribution in [2.75, 3.05) is 7.11 Å². The molecule has 2 atom stereocenters. The lowest BCUT2D eigenvalue weighted by Crippen LogP contribution is -2.21. The van der Waals surface area contributed by atoms with Crippen LogP contribution in [-0.4, -0.2) is 7.11 Å². The fourth-order valence-corrected chi connectivity index (χ4v) is 2.04. The molecule has 92 valence electrons. The Kier molecular flexibility index (Phi) is 4.53. The molecule has 0 heterocycles. The van der Waals surface area contributed by atoms with E-state index >= 15 is 0 Å². The van der Waals surface area contributed by atoms with E-state index in [4.69, 9.17) is 15.7 Å². The molecule has 3 nitrogen and oxygen atoms in total. The second-order valence-corrected chi connectivity index (χ2v) is 4.28. The number of nitriles is 1. The minimum Gasteiger partial charge on any atom is -0.496 e. The number of hydrogen-bond donors (Lipinski definition) is 1. The van der Waals surface area contributed by atoms with Crippen LogP contribution < -0.4 is 10.5 Å². The van der Waals surface area contributed by atoms with Gasteiger partial charge in [-0.2, -0.15) is 5.26 Å². The van der Waals surface area contributed by atoms with Crippen LogP contribution in [0.15, 0.2) is 12.1 Å². The van der Waals surface area contributed by atoms with Gasteiger partial charge in [0.05, 0.1) is 19.1 Å². The number of hydrogen-bond acceptors (Lipinski definition) is 3. The van der Waals surface area contributed by atoms with E-state index in [-0.39, 0.29) is 12.0 Å². The Morgan fingerprint density at radius 1 is 1.35 bits per heavy atom. The summed E-state index contributed by atoms with van der Waals surface area (Å²) in [7, 11) is 1.66. The van der Waals surface area contributed by atoms with Crippen molar-refractivity contribution in [1.82, 2.24) is 0 Å². The van der Waals surface area contributed by atoms with Gasteiger partial charge in [0.15, 0.2) is 0 Å². The lowest BCUT2D eigenvalue weighted by molar-refractivity contribution is 0.410. The van der Waals surface area contributed by atoms with E-state index in [0.717, 1.165) is 28.9 Å². The number of nitrogens with zero attached hydrogens (tertiary/aromatic N) is 1. The first-order valence-electron chi connectivity index (χ1n) is 5.86. The number of methoxy groups -OCH3 is 1. The Morgan fingerprint density at radius 3 is 2.47 bits per heavy atom. The minimum absolute atomic E-state index is 0.138. The maximum atomic E-state index is 9.06. The first-order valence-corrected chi connectivity index (χ1v) is 5.86. The van der Waals surface area contributed by atoms with Gasteiger partial charge >= 0.3 is 0 Å². The maximum Gasteiger partial charge on any atom is 0.122 e. The highest BCUT2D eigenvalue weighted by atomic mass is 16.5. The normalized spacial score (nSPS) is 13.9. The van der Waals surface area contributed by atoms with E-state index in [9.17, 15) is 0 Å². The van der Waals surface area contributed by atoms with Gasteiger partial charge in [0, 0.05) is 6.04 Å². The zero-order chi connectivity index (χ0) is 13.0. The van der Waals surface area contributed by atoms with Gasteiger partial charge in [-0.1, -0.05) is 13.0 Å². The van der Waals surface area contributed by atoms with Gasteiger partial charge in [0.1, 0.15) is 5.75 Å². The summed E-state index contributed by atoms with van der Waals surface area (Å²) in [5, 5.41) is 9.06. The summed E-state index contributed by atoms with van der Waals surface area (Å²) in [6, 6.07) is 5.92. The van der Waals surface area contributed by atoms with E-state index in [1.165, 1.54) is 0 Å². The number of nitrogens with two attached hydrogens (primary N) is 1. The smallest absolute Gasteiger partial charge is 0.122 e. The molecule has 0 saturated carbocycles. The summed E-state index contributed by atoms with van der Waals surface area (Å²) >= 11 is 0. The van der Waals surface area contributed by atoms with Gasteiger partial charge in [0.25, 0.3) is 0 Å². The highest BCUT2D eigenvalue weighted by molar-refractivity contribution is 5.45. The molecule has 1 rings (SSSR count). The third kappa shape index (κ3) is 2.59. The molecule has 17 heavy (non-hydrogen) atoms. The van der Waals surface area contributed by atoms with Crippen molar-refractivity contribution in [3.63, 3.8) is 0 Å². The van der Waals surface area contributed by atoms with Crippen molar-refractivity contribution in [1.29, 1.82) is 5.26 Å². The second kappa shape index (κ2) is 5.70. The van der Waals surface area contributed by atoms with Crippen molar-refractivity contribution >= 4 is 0 Å². The van der Waals surface area contributed by atoms with Gasteiger partial charge in [-0.05, 0) is 43.0 Å². The van der Waals surface area contributed by atoms with E-state index in [0.29, 0.717) is 0 Å². The molecule has 0 spiro atoms. The van der Waals surface area contributed by atoms with Crippen molar-refractivity contribution in [3.8, 4) is 11.8 Å². The topological polar surface area (TPSA) is 59.0 Å². The van der Waals surface area contributed by atoms with Crippen LogP contribution in [0.3, 0.4) is 0 Å². The molecule has 0 aromatic heterocycles.